The number of aromatic nitrogens is 3. The predicted octanol–water partition coefficient (Wildman–Crippen LogP) is 4.47. The summed E-state index contributed by atoms with van der Waals surface area (Å²) in [4.78, 5) is 13.3. The first-order valence-corrected chi connectivity index (χ1v) is 10.5. The lowest BCUT2D eigenvalue weighted by molar-refractivity contribution is 0.0933. The second-order valence-corrected chi connectivity index (χ2v) is 8.54. The first kappa shape index (κ1) is 19.5. The van der Waals surface area contributed by atoms with Crippen LogP contribution in [-0.4, -0.2) is 26.3 Å². The molecular formula is C24H30N4O. The van der Waals surface area contributed by atoms with E-state index in [4.69, 9.17) is 0 Å². The normalized spacial score (nSPS) is 16.1. The highest BCUT2D eigenvalue weighted by Gasteiger charge is 2.26. The molecule has 1 aliphatic carbocycles. The van der Waals surface area contributed by atoms with E-state index in [1.54, 1.807) is 0 Å². The lowest BCUT2D eigenvalue weighted by Crippen LogP contribution is -2.39. The molecule has 5 heteroatoms. The second-order valence-electron chi connectivity index (χ2n) is 8.54. The summed E-state index contributed by atoms with van der Waals surface area (Å²) >= 11 is 0. The fourth-order valence-electron chi connectivity index (χ4n) is 4.43. The van der Waals surface area contributed by atoms with Crippen LogP contribution in [0.1, 0.15) is 64.9 Å². The van der Waals surface area contributed by atoms with Gasteiger partial charge >= 0.3 is 0 Å². The van der Waals surface area contributed by atoms with Gasteiger partial charge in [0.15, 0.2) is 0 Å². The summed E-state index contributed by atoms with van der Waals surface area (Å²) < 4.78 is 4.25. The van der Waals surface area contributed by atoms with Gasteiger partial charge in [0.1, 0.15) is 0 Å². The summed E-state index contributed by atoms with van der Waals surface area (Å²) in [6, 6.07) is 10.8. The van der Waals surface area contributed by atoms with E-state index in [0.717, 1.165) is 47.5 Å². The van der Waals surface area contributed by atoms with Crippen molar-refractivity contribution in [2.75, 3.05) is 0 Å². The molecule has 1 N–H and O–H groups in total. The molecule has 3 aromatic rings. The van der Waals surface area contributed by atoms with Crippen LogP contribution in [0.5, 0.6) is 0 Å². The number of carbonyl (C=O) groups is 1. The zero-order valence-corrected chi connectivity index (χ0v) is 18.0. The van der Waals surface area contributed by atoms with Gasteiger partial charge in [0, 0.05) is 35.6 Å². The maximum absolute atomic E-state index is 13.3. The molecule has 0 saturated carbocycles. The average Bonchev–Trinajstić information content (AvgIpc) is 3.25. The van der Waals surface area contributed by atoms with Crippen molar-refractivity contribution in [2.24, 2.45) is 0 Å². The number of aryl methyl sites for hydroxylation is 4. The fourth-order valence-corrected chi connectivity index (χ4v) is 4.43. The highest BCUT2D eigenvalue weighted by molar-refractivity contribution is 5.98. The SMILES string of the molecule is Cc1ccc(-n2c(C)ccc2C)c(C(=O)NC2CCc3cnn(C(C)C)c3C2)c1. The molecule has 5 nitrogen and oxygen atoms in total. The molecule has 1 amide bonds. The second kappa shape index (κ2) is 7.54. The zero-order chi connectivity index (χ0) is 20.7. The smallest absolute Gasteiger partial charge is 0.253 e. The molecular weight excluding hydrogens is 360 g/mol. The summed E-state index contributed by atoms with van der Waals surface area (Å²) in [5.74, 6) is 0.000243. The van der Waals surface area contributed by atoms with Crippen LogP contribution in [0.4, 0.5) is 0 Å². The van der Waals surface area contributed by atoms with Gasteiger partial charge in [0.05, 0.1) is 17.4 Å². The minimum absolute atomic E-state index is 0.000243. The Morgan fingerprint density at radius 1 is 1.14 bits per heavy atom. The van der Waals surface area contributed by atoms with Gasteiger partial charge in [-0.2, -0.15) is 5.10 Å². The van der Waals surface area contributed by atoms with Gasteiger partial charge in [-0.05, 0) is 77.3 Å². The molecule has 2 heterocycles. The molecule has 0 fully saturated rings. The van der Waals surface area contributed by atoms with Crippen LogP contribution >= 0.6 is 0 Å². The molecule has 1 unspecified atom stereocenters. The molecule has 0 radical (unpaired) electrons. The molecule has 0 saturated heterocycles. The number of rotatable bonds is 4. The predicted molar refractivity (Wildman–Crippen MR) is 116 cm³/mol. The van der Waals surface area contributed by atoms with Crippen molar-refractivity contribution < 1.29 is 4.79 Å². The number of nitrogens with one attached hydrogen (secondary N) is 1. The zero-order valence-electron chi connectivity index (χ0n) is 18.0. The third-order valence-electron chi connectivity index (χ3n) is 5.92. The Morgan fingerprint density at radius 3 is 2.55 bits per heavy atom. The number of hydrogen-bond acceptors (Lipinski definition) is 2. The maximum atomic E-state index is 13.3. The van der Waals surface area contributed by atoms with Crippen LogP contribution in [0, 0.1) is 20.8 Å². The van der Waals surface area contributed by atoms with E-state index in [-0.39, 0.29) is 11.9 Å². The maximum Gasteiger partial charge on any atom is 0.253 e. The first-order chi connectivity index (χ1) is 13.8. The summed E-state index contributed by atoms with van der Waals surface area (Å²) in [5.41, 5.74) is 7.60. The summed E-state index contributed by atoms with van der Waals surface area (Å²) in [6.07, 6.45) is 4.74. The molecule has 1 aromatic carbocycles. The summed E-state index contributed by atoms with van der Waals surface area (Å²) in [5, 5.41) is 7.86. The van der Waals surface area contributed by atoms with Crippen LogP contribution in [0.3, 0.4) is 0 Å². The number of hydrogen-bond donors (Lipinski definition) is 1. The van der Waals surface area contributed by atoms with Gasteiger partial charge in [-0.1, -0.05) is 11.6 Å². The topological polar surface area (TPSA) is 51.9 Å². The van der Waals surface area contributed by atoms with E-state index < -0.39 is 0 Å². The van der Waals surface area contributed by atoms with Gasteiger partial charge in [0.25, 0.3) is 5.91 Å². The van der Waals surface area contributed by atoms with E-state index in [1.165, 1.54) is 11.3 Å². The molecule has 152 valence electrons. The Kier molecular flexibility index (Phi) is 5.07. The highest BCUT2D eigenvalue weighted by Crippen LogP contribution is 2.25. The van der Waals surface area contributed by atoms with Crippen molar-refractivity contribution in [1.82, 2.24) is 19.7 Å². The van der Waals surface area contributed by atoms with E-state index in [0.29, 0.717) is 6.04 Å². The highest BCUT2D eigenvalue weighted by atomic mass is 16.1. The lowest BCUT2D eigenvalue weighted by Gasteiger charge is -2.26. The molecule has 0 spiro atoms. The van der Waals surface area contributed by atoms with Crippen LogP contribution in [0.15, 0.2) is 36.5 Å². The number of amides is 1. The number of carbonyl (C=O) groups excluding carboxylic acids is 1. The van der Waals surface area contributed by atoms with Crippen molar-refractivity contribution >= 4 is 5.91 Å². The first-order valence-electron chi connectivity index (χ1n) is 10.5. The van der Waals surface area contributed by atoms with Gasteiger partial charge in [-0.25, -0.2) is 0 Å². The standard InChI is InChI=1S/C24H30N4O/c1-15(2)28-23-13-20(10-9-19(23)14-25-28)26-24(29)21-12-16(3)6-11-22(21)27-17(4)7-8-18(27)5/h6-8,11-12,14-15,20H,9-10,13H2,1-5H3,(H,26,29). The minimum atomic E-state index is 0.000243. The lowest BCUT2D eigenvalue weighted by atomic mass is 9.93. The fraction of sp³-hybridized carbons (Fsp3) is 0.417. The largest absolute Gasteiger partial charge is 0.349 e. The van der Waals surface area contributed by atoms with Crippen molar-refractivity contribution in [2.45, 2.75) is 66.0 Å². The Morgan fingerprint density at radius 2 is 1.86 bits per heavy atom. The Labute approximate surface area is 172 Å². The summed E-state index contributed by atoms with van der Waals surface area (Å²) in [7, 11) is 0. The monoisotopic (exact) mass is 390 g/mol. The van der Waals surface area contributed by atoms with Crippen LogP contribution in [-0.2, 0) is 12.8 Å². The third kappa shape index (κ3) is 3.61. The number of nitrogens with zero attached hydrogens (tertiary/aromatic N) is 3. The van der Waals surface area contributed by atoms with E-state index in [2.05, 4.69) is 71.6 Å². The van der Waals surface area contributed by atoms with Gasteiger partial charge in [-0.15, -0.1) is 0 Å². The van der Waals surface area contributed by atoms with E-state index in [9.17, 15) is 4.79 Å². The molecule has 1 atom stereocenters. The quantitative estimate of drug-likeness (QED) is 0.715. The van der Waals surface area contributed by atoms with Crippen LogP contribution < -0.4 is 5.32 Å². The Hall–Kier alpha value is -2.82. The Balaban J connectivity index is 1.61. The van der Waals surface area contributed by atoms with Crippen molar-refractivity contribution in [3.63, 3.8) is 0 Å². The molecule has 4 rings (SSSR count). The van der Waals surface area contributed by atoms with Gasteiger partial charge in [0.2, 0.25) is 0 Å². The van der Waals surface area contributed by atoms with Gasteiger partial charge in [-0.3, -0.25) is 9.48 Å². The van der Waals surface area contributed by atoms with Crippen LogP contribution in [0.25, 0.3) is 5.69 Å². The summed E-state index contributed by atoms with van der Waals surface area (Å²) in [6.45, 7) is 10.5. The Bertz CT molecular complexity index is 1040. The number of benzene rings is 1. The van der Waals surface area contributed by atoms with Gasteiger partial charge < -0.3 is 9.88 Å². The average molecular weight is 391 g/mol. The van der Waals surface area contributed by atoms with E-state index in [1.807, 2.05) is 19.2 Å². The van der Waals surface area contributed by atoms with Crippen molar-refractivity contribution in [1.29, 1.82) is 0 Å². The van der Waals surface area contributed by atoms with Crippen molar-refractivity contribution in [3.8, 4) is 5.69 Å². The molecule has 0 bridgehead atoms. The van der Waals surface area contributed by atoms with Crippen LogP contribution in [0.2, 0.25) is 0 Å². The number of fused-ring (bicyclic) bond motifs is 1. The molecule has 29 heavy (non-hydrogen) atoms. The molecule has 2 aromatic heterocycles. The third-order valence-corrected chi connectivity index (χ3v) is 5.92. The van der Waals surface area contributed by atoms with Crippen molar-refractivity contribution in [3.05, 3.63) is 70.3 Å². The molecule has 0 aliphatic heterocycles. The minimum Gasteiger partial charge on any atom is -0.349 e. The molecule has 1 aliphatic rings. The van der Waals surface area contributed by atoms with E-state index >= 15 is 0 Å².